The topological polar surface area (TPSA) is 42.8 Å². The first-order valence-corrected chi connectivity index (χ1v) is 6.58. The lowest BCUT2D eigenvalue weighted by molar-refractivity contribution is -0.0498. The first-order valence-electron chi connectivity index (χ1n) is 6.18. The molecule has 0 bridgehead atoms. The van der Waals surface area contributed by atoms with E-state index in [2.05, 4.69) is 14.7 Å². The molecule has 0 saturated heterocycles. The van der Waals surface area contributed by atoms with Gasteiger partial charge in [0.25, 0.3) is 0 Å². The number of alkyl halides is 2. The van der Waals surface area contributed by atoms with Crippen molar-refractivity contribution >= 4 is 23.4 Å². The number of H-pyrrole nitrogens is 1. The van der Waals surface area contributed by atoms with Gasteiger partial charge >= 0.3 is 6.61 Å². The highest BCUT2D eigenvalue weighted by Crippen LogP contribution is 2.27. The van der Waals surface area contributed by atoms with E-state index in [1.54, 1.807) is 29.0 Å². The molecule has 2 heterocycles. The number of pyridine rings is 1. The molecule has 1 N–H and O–H groups in total. The molecule has 0 atom stereocenters. The maximum atomic E-state index is 12.5. The third-order valence-electron chi connectivity index (χ3n) is 2.98. The SMILES string of the molecule is Cc1cnc2c(c1)[nH]c(=S)n2-c1ccccc1OC(F)F. The van der Waals surface area contributed by atoms with Gasteiger partial charge in [-0.25, -0.2) is 4.98 Å². The van der Waals surface area contributed by atoms with Crippen LogP contribution in [0.3, 0.4) is 0 Å². The lowest BCUT2D eigenvalue weighted by atomic mass is 10.3. The van der Waals surface area contributed by atoms with Crippen LogP contribution in [-0.4, -0.2) is 21.1 Å². The van der Waals surface area contributed by atoms with Gasteiger partial charge in [-0.2, -0.15) is 8.78 Å². The van der Waals surface area contributed by atoms with Gasteiger partial charge in [-0.05, 0) is 42.9 Å². The normalized spacial score (nSPS) is 11.2. The standard InChI is InChI=1S/C14H11F2N3OS/c1-8-6-9-12(17-7-8)19(14(21)18-9)10-4-2-3-5-11(10)20-13(15)16/h2-7,13H,1H3,(H,18,21). The lowest BCUT2D eigenvalue weighted by Gasteiger charge is -2.11. The maximum Gasteiger partial charge on any atom is 0.387 e. The Hall–Kier alpha value is -2.28. The molecular weight excluding hydrogens is 296 g/mol. The third-order valence-corrected chi connectivity index (χ3v) is 3.27. The molecule has 0 saturated carbocycles. The van der Waals surface area contributed by atoms with Crippen molar-refractivity contribution in [1.29, 1.82) is 0 Å². The molecule has 0 amide bonds. The van der Waals surface area contributed by atoms with Crippen molar-refractivity contribution in [3.63, 3.8) is 0 Å². The second-order valence-electron chi connectivity index (χ2n) is 4.50. The van der Waals surface area contributed by atoms with E-state index in [0.717, 1.165) is 11.1 Å². The number of ether oxygens (including phenoxy) is 1. The van der Waals surface area contributed by atoms with Crippen LogP contribution in [0.5, 0.6) is 5.75 Å². The summed E-state index contributed by atoms with van der Waals surface area (Å²) in [6.45, 7) is -0.991. The highest BCUT2D eigenvalue weighted by atomic mass is 32.1. The van der Waals surface area contributed by atoms with Crippen LogP contribution < -0.4 is 4.74 Å². The van der Waals surface area contributed by atoms with Crippen LogP contribution in [0.2, 0.25) is 0 Å². The van der Waals surface area contributed by atoms with E-state index in [1.165, 1.54) is 6.07 Å². The molecule has 1 aromatic carbocycles. The van der Waals surface area contributed by atoms with Crippen LogP contribution in [0.15, 0.2) is 36.5 Å². The van der Waals surface area contributed by atoms with Crippen molar-refractivity contribution < 1.29 is 13.5 Å². The van der Waals surface area contributed by atoms with Gasteiger partial charge < -0.3 is 9.72 Å². The fourth-order valence-electron chi connectivity index (χ4n) is 2.16. The van der Waals surface area contributed by atoms with E-state index in [0.29, 0.717) is 16.1 Å². The number of imidazole rings is 1. The predicted molar refractivity (Wildman–Crippen MR) is 77.6 cm³/mol. The molecule has 7 heteroatoms. The third kappa shape index (κ3) is 2.52. The molecule has 108 valence electrons. The highest BCUT2D eigenvalue weighted by molar-refractivity contribution is 7.71. The average Bonchev–Trinajstić information content (AvgIpc) is 2.74. The molecule has 2 aromatic heterocycles. The number of benzene rings is 1. The molecule has 0 radical (unpaired) electrons. The molecule has 4 nitrogen and oxygen atoms in total. The van der Waals surface area contributed by atoms with Crippen LogP contribution in [-0.2, 0) is 0 Å². The first kappa shape index (κ1) is 13.7. The Kier molecular flexibility index (Phi) is 3.42. The van der Waals surface area contributed by atoms with Gasteiger partial charge in [0.2, 0.25) is 0 Å². The number of rotatable bonds is 3. The van der Waals surface area contributed by atoms with E-state index in [4.69, 9.17) is 12.2 Å². The molecule has 3 rings (SSSR count). The smallest absolute Gasteiger partial charge is 0.387 e. The number of hydrogen-bond donors (Lipinski definition) is 1. The average molecular weight is 307 g/mol. The molecule has 0 aliphatic carbocycles. The summed E-state index contributed by atoms with van der Waals surface area (Å²) in [7, 11) is 0. The van der Waals surface area contributed by atoms with E-state index >= 15 is 0 Å². The summed E-state index contributed by atoms with van der Waals surface area (Å²) in [5.74, 6) is 0.0480. The number of hydrogen-bond acceptors (Lipinski definition) is 3. The molecule has 21 heavy (non-hydrogen) atoms. The number of halogens is 2. The predicted octanol–water partition coefficient (Wildman–Crippen LogP) is 3.99. The monoisotopic (exact) mass is 307 g/mol. The number of aryl methyl sites for hydroxylation is 1. The Morgan fingerprint density at radius 2 is 2.10 bits per heavy atom. The van der Waals surface area contributed by atoms with Gasteiger partial charge in [-0.15, -0.1) is 0 Å². The van der Waals surface area contributed by atoms with Gasteiger partial charge in [0.05, 0.1) is 11.2 Å². The zero-order valence-electron chi connectivity index (χ0n) is 11.0. The number of aromatic nitrogens is 3. The Bertz CT molecular complexity index is 857. The second kappa shape index (κ2) is 5.25. The Labute approximate surface area is 124 Å². The molecular formula is C14H11F2N3OS. The summed E-state index contributed by atoms with van der Waals surface area (Å²) >= 11 is 5.28. The van der Waals surface area contributed by atoms with Crippen LogP contribution in [0.4, 0.5) is 8.78 Å². The number of fused-ring (bicyclic) bond motifs is 1. The Balaban J connectivity index is 2.26. The van der Waals surface area contributed by atoms with Gasteiger partial charge in [0.1, 0.15) is 5.75 Å². The Morgan fingerprint density at radius 1 is 1.33 bits per heavy atom. The summed E-state index contributed by atoms with van der Waals surface area (Å²) in [5.41, 5.74) is 2.70. The van der Waals surface area contributed by atoms with E-state index < -0.39 is 6.61 Å². The van der Waals surface area contributed by atoms with Crippen LogP contribution >= 0.6 is 12.2 Å². The number of para-hydroxylation sites is 2. The fourth-order valence-corrected chi connectivity index (χ4v) is 2.46. The molecule has 0 spiro atoms. The zero-order valence-corrected chi connectivity index (χ0v) is 11.8. The quantitative estimate of drug-likeness (QED) is 0.744. The maximum absolute atomic E-state index is 12.5. The molecule has 3 aromatic rings. The first-order chi connectivity index (χ1) is 10.1. The minimum Gasteiger partial charge on any atom is -0.433 e. The highest BCUT2D eigenvalue weighted by Gasteiger charge is 2.14. The summed E-state index contributed by atoms with van der Waals surface area (Å²) in [6.07, 6.45) is 1.69. The van der Waals surface area contributed by atoms with Crippen molar-refractivity contribution in [2.24, 2.45) is 0 Å². The van der Waals surface area contributed by atoms with Crippen molar-refractivity contribution in [2.45, 2.75) is 13.5 Å². The van der Waals surface area contributed by atoms with Crippen LogP contribution in [0, 0.1) is 11.7 Å². The molecule has 0 unspecified atom stereocenters. The largest absolute Gasteiger partial charge is 0.433 e. The van der Waals surface area contributed by atoms with Gasteiger partial charge in [0, 0.05) is 6.20 Å². The summed E-state index contributed by atoms with van der Waals surface area (Å²) in [5, 5.41) is 0. The Morgan fingerprint density at radius 3 is 2.86 bits per heavy atom. The van der Waals surface area contributed by atoms with E-state index in [1.807, 2.05) is 13.0 Å². The molecule has 0 aliphatic rings. The van der Waals surface area contributed by atoms with Crippen molar-refractivity contribution in [3.05, 3.63) is 46.9 Å². The van der Waals surface area contributed by atoms with Gasteiger partial charge in [0.15, 0.2) is 10.4 Å². The minimum absolute atomic E-state index is 0.0480. The van der Waals surface area contributed by atoms with E-state index in [-0.39, 0.29) is 5.75 Å². The van der Waals surface area contributed by atoms with Crippen LogP contribution in [0.1, 0.15) is 5.56 Å². The van der Waals surface area contributed by atoms with Gasteiger partial charge in [-0.3, -0.25) is 4.57 Å². The summed E-state index contributed by atoms with van der Waals surface area (Å²) in [4.78, 5) is 7.34. The summed E-state index contributed by atoms with van der Waals surface area (Å²) < 4.78 is 31.6. The second-order valence-corrected chi connectivity index (χ2v) is 4.88. The minimum atomic E-state index is -2.90. The zero-order chi connectivity index (χ0) is 15.0. The molecule has 0 fully saturated rings. The van der Waals surface area contributed by atoms with Crippen molar-refractivity contribution in [2.75, 3.05) is 0 Å². The van der Waals surface area contributed by atoms with Gasteiger partial charge in [-0.1, -0.05) is 12.1 Å². The number of aromatic amines is 1. The van der Waals surface area contributed by atoms with Crippen molar-refractivity contribution in [1.82, 2.24) is 14.5 Å². The molecule has 0 aliphatic heterocycles. The summed E-state index contributed by atoms with van der Waals surface area (Å²) in [6, 6.07) is 8.36. The number of nitrogens with one attached hydrogen (secondary N) is 1. The fraction of sp³-hybridized carbons (Fsp3) is 0.143. The van der Waals surface area contributed by atoms with Crippen LogP contribution in [0.25, 0.3) is 16.9 Å². The van der Waals surface area contributed by atoms with E-state index in [9.17, 15) is 8.78 Å². The van der Waals surface area contributed by atoms with Crippen molar-refractivity contribution in [3.8, 4) is 11.4 Å². The number of nitrogens with zero attached hydrogens (tertiary/aromatic N) is 2. The lowest BCUT2D eigenvalue weighted by Crippen LogP contribution is -2.06.